The molecular formula is C15H18N2OS. The molecule has 2 N–H and O–H groups in total. The van der Waals surface area contributed by atoms with Crippen molar-refractivity contribution in [3.63, 3.8) is 0 Å². The van der Waals surface area contributed by atoms with E-state index >= 15 is 0 Å². The summed E-state index contributed by atoms with van der Waals surface area (Å²) < 4.78 is 0. The minimum Gasteiger partial charge on any atom is -0.325 e. The molecule has 0 spiro atoms. The van der Waals surface area contributed by atoms with Crippen LogP contribution in [-0.4, -0.2) is 11.9 Å². The van der Waals surface area contributed by atoms with Crippen LogP contribution in [0.1, 0.15) is 17.4 Å². The summed E-state index contributed by atoms with van der Waals surface area (Å²) >= 11 is 1.71. The number of amides is 1. The van der Waals surface area contributed by atoms with Gasteiger partial charge in [0.2, 0.25) is 5.91 Å². The quantitative estimate of drug-likeness (QED) is 0.879. The SMILES string of the molecule is Cc1ccsc1CNC(C)C(=O)Nc1ccccc1. The zero-order chi connectivity index (χ0) is 13.7. The van der Waals surface area contributed by atoms with Crippen molar-refractivity contribution in [2.75, 3.05) is 5.32 Å². The molecule has 1 unspecified atom stereocenters. The van der Waals surface area contributed by atoms with Crippen molar-refractivity contribution in [2.45, 2.75) is 26.4 Å². The van der Waals surface area contributed by atoms with Crippen LogP contribution in [0.2, 0.25) is 0 Å². The first-order valence-electron chi connectivity index (χ1n) is 6.29. The van der Waals surface area contributed by atoms with Crippen molar-refractivity contribution < 1.29 is 4.79 Å². The molecule has 0 saturated heterocycles. The van der Waals surface area contributed by atoms with E-state index in [-0.39, 0.29) is 11.9 Å². The third-order valence-electron chi connectivity index (χ3n) is 2.97. The molecule has 2 rings (SSSR count). The summed E-state index contributed by atoms with van der Waals surface area (Å²) in [5.41, 5.74) is 2.10. The van der Waals surface area contributed by atoms with E-state index in [1.54, 1.807) is 11.3 Å². The lowest BCUT2D eigenvalue weighted by Gasteiger charge is -2.13. The van der Waals surface area contributed by atoms with E-state index in [0.29, 0.717) is 0 Å². The van der Waals surface area contributed by atoms with E-state index in [1.165, 1.54) is 10.4 Å². The van der Waals surface area contributed by atoms with Crippen LogP contribution in [0.25, 0.3) is 0 Å². The molecule has 1 aromatic carbocycles. The third-order valence-corrected chi connectivity index (χ3v) is 3.99. The molecule has 0 radical (unpaired) electrons. The third kappa shape index (κ3) is 3.91. The summed E-state index contributed by atoms with van der Waals surface area (Å²) in [6, 6.07) is 11.4. The highest BCUT2D eigenvalue weighted by Gasteiger charge is 2.12. The van der Waals surface area contributed by atoms with Gasteiger partial charge in [-0.05, 0) is 43.0 Å². The first-order valence-corrected chi connectivity index (χ1v) is 7.17. The predicted octanol–water partition coefficient (Wildman–Crippen LogP) is 3.17. The topological polar surface area (TPSA) is 41.1 Å². The Hall–Kier alpha value is -1.65. The number of benzene rings is 1. The molecule has 1 heterocycles. The summed E-state index contributed by atoms with van der Waals surface area (Å²) in [7, 11) is 0. The Labute approximate surface area is 117 Å². The first kappa shape index (κ1) is 13.8. The summed E-state index contributed by atoms with van der Waals surface area (Å²) in [4.78, 5) is 13.3. The molecule has 0 aliphatic carbocycles. The fraction of sp³-hybridized carbons (Fsp3) is 0.267. The molecule has 19 heavy (non-hydrogen) atoms. The average molecular weight is 274 g/mol. The van der Waals surface area contributed by atoms with Gasteiger partial charge in [-0.25, -0.2) is 0 Å². The van der Waals surface area contributed by atoms with Crippen molar-refractivity contribution in [3.8, 4) is 0 Å². The van der Waals surface area contributed by atoms with Gasteiger partial charge in [0, 0.05) is 17.1 Å². The van der Waals surface area contributed by atoms with E-state index in [1.807, 2.05) is 37.3 Å². The molecule has 2 aromatic rings. The molecule has 3 nitrogen and oxygen atoms in total. The second-order valence-electron chi connectivity index (χ2n) is 4.48. The van der Waals surface area contributed by atoms with Crippen LogP contribution in [-0.2, 0) is 11.3 Å². The molecule has 0 aliphatic rings. The van der Waals surface area contributed by atoms with Crippen molar-refractivity contribution in [1.29, 1.82) is 0 Å². The van der Waals surface area contributed by atoms with Gasteiger partial charge in [0.25, 0.3) is 0 Å². The van der Waals surface area contributed by atoms with E-state index in [0.717, 1.165) is 12.2 Å². The molecule has 100 valence electrons. The second kappa shape index (κ2) is 6.50. The van der Waals surface area contributed by atoms with Crippen LogP contribution >= 0.6 is 11.3 Å². The molecule has 1 aromatic heterocycles. The number of para-hydroxylation sites is 1. The molecule has 0 bridgehead atoms. The minimum atomic E-state index is -0.221. The van der Waals surface area contributed by atoms with Crippen LogP contribution in [0.4, 0.5) is 5.69 Å². The van der Waals surface area contributed by atoms with Gasteiger partial charge >= 0.3 is 0 Å². The molecule has 0 saturated carbocycles. The summed E-state index contributed by atoms with van der Waals surface area (Å²) in [6.07, 6.45) is 0. The summed E-state index contributed by atoms with van der Waals surface area (Å²) in [5.74, 6) is -0.0135. The highest BCUT2D eigenvalue weighted by molar-refractivity contribution is 7.10. The lowest BCUT2D eigenvalue weighted by molar-refractivity contribution is -0.117. The maximum absolute atomic E-state index is 12.0. The van der Waals surface area contributed by atoms with Crippen molar-refractivity contribution >= 4 is 22.9 Å². The number of aryl methyl sites for hydroxylation is 1. The first-order chi connectivity index (χ1) is 9.16. The Balaban J connectivity index is 1.84. The van der Waals surface area contributed by atoms with E-state index in [2.05, 4.69) is 29.0 Å². The Kier molecular flexibility index (Phi) is 4.71. The average Bonchev–Trinajstić information content (AvgIpc) is 2.82. The standard InChI is InChI=1S/C15H18N2OS/c1-11-8-9-19-14(11)10-16-12(2)15(18)17-13-6-4-3-5-7-13/h3-9,12,16H,10H2,1-2H3,(H,17,18). The normalized spacial score (nSPS) is 12.1. The summed E-state index contributed by atoms with van der Waals surface area (Å²) in [6.45, 7) is 4.69. The monoisotopic (exact) mass is 274 g/mol. The zero-order valence-electron chi connectivity index (χ0n) is 11.1. The van der Waals surface area contributed by atoms with Gasteiger partial charge in [-0.15, -0.1) is 11.3 Å². The van der Waals surface area contributed by atoms with Gasteiger partial charge in [0.05, 0.1) is 6.04 Å². The van der Waals surface area contributed by atoms with E-state index < -0.39 is 0 Å². The summed E-state index contributed by atoms with van der Waals surface area (Å²) in [5, 5.41) is 8.20. The lowest BCUT2D eigenvalue weighted by Crippen LogP contribution is -2.37. The Morgan fingerprint density at radius 3 is 2.63 bits per heavy atom. The Morgan fingerprint density at radius 2 is 2.00 bits per heavy atom. The minimum absolute atomic E-state index is 0.0135. The Morgan fingerprint density at radius 1 is 1.26 bits per heavy atom. The van der Waals surface area contributed by atoms with E-state index in [9.17, 15) is 4.79 Å². The number of hydrogen-bond acceptors (Lipinski definition) is 3. The number of anilines is 1. The predicted molar refractivity (Wildman–Crippen MR) is 80.4 cm³/mol. The highest BCUT2D eigenvalue weighted by atomic mass is 32.1. The highest BCUT2D eigenvalue weighted by Crippen LogP contribution is 2.15. The van der Waals surface area contributed by atoms with Crippen LogP contribution in [0, 0.1) is 6.92 Å². The largest absolute Gasteiger partial charge is 0.325 e. The van der Waals surface area contributed by atoms with Crippen molar-refractivity contribution in [2.24, 2.45) is 0 Å². The fourth-order valence-electron chi connectivity index (χ4n) is 1.70. The smallest absolute Gasteiger partial charge is 0.241 e. The van der Waals surface area contributed by atoms with Crippen LogP contribution < -0.4 is 10.6 Å². The molecule has 1 atom stereocenters. The number of thiophene rings is 1. The molecule has 1 amide bonds. The lowest BCUT2D eigenvalue weighted by atomic mass is 10.2. The van der Waals surface area contributed by atoms with Gasteiger partial charge in [-0.3, -0.25) is 4.79 Å². The number of carbonyl (C=O) groups is 1. The number of hydrogen-bond donors (Lipinski definition) is 2. The van der Waals surface area contributed by atoms with Gasteiger partial charge in [0.15, 0.2) is 0 Å². The fourth-order valence-corrected chi connectivity index (χ4v) is 2.55. The molecular weight excluding hydrogens is 256 g/mol. The van der Waals surface area contributed by atoms with Gasteiger partial charge in [-0.1, -0.05) is 18.2 Å². The van der Waals surface area contributed by atoms with Crippen LogP contribution in [0.3, 0.4) is 0 Å². The van der Waals surface area contributed by atoms with Gasteiger partial charge < -0.3 is 10.6 Å². The number of carbonyl (C=O) groups excluding carboxylic acids is 1. The number of rotatable bonds is 5. The number of nitrogens with one attached hydrogen (secondary N) is 2. The Bertz CT molecular complexity index is 536. The zero-order valence-corrected chi connectivity index (χ0v) is 12.0. The van der Waals surface area contributed by atoms with Crippen molar-refractivity contribution in [1.82, 2.24) is 5.32 Å². The maximum Gasteiger partial charge on any atom is 0.241 e. The van der Waals surface area contributed by atoms with Gasteiger partial charge in [0.1, 0.15) is 0 Å². The van der Waals surface area contributed by atoms with Crippen LogP contribution in [0.15, 0.2) is 41.8 Å². The van der Waals surface area contributed by atoms with Crippen LogP contribution in [0.5, 0.6) is 0 Å². The van der Waals surface area contributed by atoms with Crippen molar-refractivity contribution in [3.05, 3.63) is 52.2 Å². The molecule has 0 fully saturated rings. The van der Waals surface area contributed by atoms with E-state index in [4.69, 9.17) is 0 Å². The second-order valence-corrected chi connectivity index (χ2v) is 5.49. The molecule has 4 heteroatoms. The molecule has 0 aliphatic heterocycles. The maximum atomic E-state index is 12.0. The van der Waals surface area contributed by atoms with Gasteiger partial charge in [-0.2, -0.15) is 0 Å².